The van der Waals surface area contributed by atoms with Crippen LogP contribution in [-0.2, 0) is 20.9 Å². The van der Waals surface area contributed by atoms with Crippen molar-refractivity contribution in [3.8, 4) is 0 Å². The molecule has 1 saturated heterocycles. The second-order valence-corrected chi connectivity index (χ2v) is 6.53. The van der Waals surface area contributed by atoms with Crippen LogP contribution in [0.3, 0.4) is 0 Å². The van der Waals surface area contributed by atoms with Gasteiger partial charge in [-0.2, -0.15) is 0 Å². The van der Waals surface area contributed by atoms with E-state index in [1.165, 1.54) is 18.2 Å². The molecule has 2 aromatic carbocycles. The minimum Gasteiger partial charge on any atom is -0.445 e. The van der Waals surface area contributed by atoms with Gasteiger partial charge in [0.25, 0.3) is 5.91 Å². The monoisotopic (exact) mass is 392 g/mol. The Morgan fingerprint density at radius 1 is 1.12 bits per heavy atom. The second kappa shape index (κ2) is 7.76. The van der Waals surface area contributed by atoms with Crippen molar-refractivity contribution in [3.05, 3.63) is 64.1 Å². The van der Waals surface area contributed by atoms with Crippen LogP contribution in [-0.4, -0.2) is 23.9 Å². The number of hydrogen-bond donors (Lipinski definition) is 1. The highest BCUT2D eigenvalue weighted by atomic mass is 35.5. The van der Waals surface area contributed by atoms with Crippen LogP contribution in [0.25, 0.3) is 0 Å². The van der Waals surface area contributed by atoms with Gasteiger partial charge in [-0.15, -0.1) is 0 Å². The van der Waals surface area contributed by atoms with Gasteiger partial charge in [-0.05, 0) is 23.8 Å². The predicted octanol–water partition coefficient (Wildman–Crippen LogP) is 3.55. The van der Waals surface area contributed by atoms with E-state index in [0.29, 0.717) is 10.0 Å². The quantitative estimate of drug-likeness (QED) is 0.807. The van der Waals surface area contributed by atoms with E-state index in [1.54, 1.807) is 0 Å². The number of amides is 3. The number of anilines is 1. The first-order chi connectivity index (χ1) is 12.4. The molecular weight excluding hydrogens is 379 g/mol. The summed E-state index contributed by atoms with van der Waals surface area (Å²) in [5.74, 6) is -1.02. The molecule has 2 aromatic rings. The lowest BCUT2D eigenvalue weighted by Crippen LogP contribution is -2.42. The zero-order valence-corrected chi connectivity index (χ0v) is 15.0. The summed E-state index contributed by atoms with van der Waals surface area (Å²) >= 11 is 11.8. The number of nitrogens with one attached hydrogen (secondary N) is 1. The molecule has 0 spiro atoms. The number of rotatable bonds is 4. The standard InChI is InChI=1S/C18H14Cl2N2O4/c19-12-6-13(20)8-14(7-12)22-16(23)9-15(17(22)24)21-18(25)26-10-11-4-2-1-3-5-11/h1-8,15H,9-10H2,(H,21,25). The van der Waals surface area contributed by atoms with Crippen LogP contribution < -0.4 is 10.2 Å². The van der Waals surface area contributed by atoms with E-state index in [9.17, 15) is 14.4 Å². The SMILES string of the molecule is O=C(NC1CC(=O)N(c2cc(Cl)cc(Cl)c2)C1=O)OCc1ccccc1. The van der Waals surface area contributed by atoms with Crippen molar-refractivity contribution in [2.24, 2.45) is 0 Å². The summed E-state index contributed by atoms with van der Waals surface area (Å²) in [4.78, 5) is 37.6. The Morgan fingerprint density at radius 3 is 2.42 bits per heavy atom. The van der Waals surface area contributed by atoms with Gasteiger partial charge in [0.1, 0.15) is 12.6 Å². The van der Waals surface area contributed by atoms with Crippen LogP contribution >= 0.6 is 23.2 Å². The first-order valence-corrected chi connectivity index (χ1v) is 8.50. The van der Waals surface area contributed by atoms with Crippen LogP contribution in [0.2, 0.25) is 10.0 Å². The fourth-order valence-electron chi connectivity index (χ4n) is 2.59. The topological polar surface area (TPSA) is 75.7 Å². The minimum absolute atomic E-state index is 0.0646. The lowest BCUT2D eigenvalue weighted by Gasteiger charge is -2.16. The second-order valence-electron chi connectivity index (χ2n) is 5.66. The Bertz CT molecular complexity index is 837. The summed E-state index contributed by atoms with van der Waals surface area (Å²) < 4.78 is 5.08. The van der Waals surface area contributed by atoms with E-state index in [2.05, 4.69) is 5.32 Å². The Morgan fingerprint density at radius 2 is 1.77 bits per heavy atom. The first-order valence-electron chi connectivity index (χ1n) is 7.74. The Hall–Kier alpha value is -2.57. The molecule has 1 fully saturated rings. The maximum Gasteiger partial charge on any atom is 0.408 e. The van der Waals surface area contributed by atoms with Crippen molar-refractivity contribution in [2.45, 2.75) is 19.1 Å². The number of nitrogens with zero attached hydrogens (tertiary/aromatic N) is 1. The number of imide groups is 1. The summed E-state index contributed by atoms with van der Waals surface area (Å²) in [5, 5.41) is 3.01. The Balaban J connectivity index is 1.64. The first kappa shape index (κ1) is 18.2. The van der Waals surface area contributed by atoms with E-state index >= 15 is 0 Å². The third-order valence-electron chi connectivity index (χ3n) is 3.76. The van der Waals surface area contributed by atoms with Crippen molar-refractivity contribution < 1.29 is 19.1 Å². The molecule has 1 heterocycles. The van der Waals surface area contributed by atoms with Gasteiger partial charge in [-0.3, -0.25) is 9.59 Å². The fraction of sp³-hybridized carbons (Fsp3) is 0.167. The molecule has 134 valence electrons. The number of carbonyl (C=O) groups is 3. The molecule has 1 unspecified atom stereocenters. The average molecular weight is 393 g/mol. The molecule has 1 atom stereocenters. The van der Waals surface area contributed by atoms with Gasteiger partial charge in [0.2, 0.25) is 5.91 Å². The van der Waals surface area contributed by atoms with Crippen LogP contribution in [0, 0.1) is 0 Å². The molecule has 8 heteroatoms. The fourth-order valence-corrected chi connectivity index (χ4v) is 3.11. The third-order valence-corrected chi connectivity index (χ3v) is 4.19. The lowest BCUT2D eigenvalue weighted by atomic mass is 10.2. The summed E-state index contributed by atoms with van der Waals surface area (Å²) in [6.07, 6.45) is -0.936. The molecule has 0 radical (unpaired) electrons. The van der Waals surface area contributed by atoms with Crippen molar-refractivity contribution in [3.63, 3.8) is 0 Å². The van der Waals surface area contributed by atoms with Crippen molar-refractivity contribution in [1.29, 1.82) is 0 Å². The van der Waals surface area contributed by atoms with E-state index in [4.69, 9.17) is 27.9 Å². The smallest absolute Gasteiger partial charge is 0.408 e. The summed E-state index contributed by atoms with van der Waals surface area (Å²) in [5.41, 5.74) is 1.08. The zero-order valence-electron chi connectivity index (χ0n) is 13.4. The van der Waals surface area contributed by atoms with Gasteiger partial charge in [-0.25, -0.2) is 9.69 Å². The average Bonchev–Trinajstić information content (AvgIpc) is 2.86. The molecule has 3 rings (SSSR count). The van der Waals surface area contributed by atoms with Gasteiger partial charge < -0.3 is 10.1 Å². The maximum atomic E-state index is 12.5. The van der Waals surface area contributed by atoms with Crippen molar-refractivity contribution >= 4 is 46.8 Å². The van der Waals surface area contributed by atoms with Gasteiger partial charge in [0.15, 0.2) is 0 Å². The molecule has 0 aliphatic carbocycles. The largest absolute Gasteiger partial charge is 0.445 e. The molecule has 0 bridgehead atoms. The highest BCUT2D eigenvalue weighted by Crippen LogP contribution is 2.29. The molecule has 26 heavy (non-hydrogen) atoms. The van der Waals surface area contributed by atoms with Crippen LogP contribution in [0.15, 0.2) is 48.5 Å². The Kier molecular flexibility index (Phi) is 5.44. The van der Waals surface area contributed by atoms with Gasteiger partial charge in [0.05, 0.1) is 12.1 Å². The van der Waals surface area contributed by atoms with Gasteiger partial charge in [-0.1, -0.05) is 53.5 Å². The normalized spacial score (nSPS) is 16.7. The number of ether oxygens (including phenoxy) is 1. The predicted molar refractivity (Wildman–Crippen MR) is 97.1 cm³/mol. The lowest BCUT2D eigenvalue weighted by molar-refractivity contribution is -0.121. The van der Waals surface area contributed by atoms with Crippen LogP contribution in [0.1, 0.15) is 12.0 Å². The van der Waals surface area contributed by atoms with Gasteiger partial charge >= 0.3 is 6.09 Å². The molecule has 1 aliphatic heterocycles. The highest BCUT2D eigenvalue weighted by molar-refractivity contribution is 6.35. The van der Waals surface area contributed by atoms with E-state index in [0.717, 1.165) is 10.5 Å². The molecular formula is C18H14Cl2N2O4. The van der Waals surface area contributed by atoms with E-state index < -0.39 is 23.9 Å². The summed E-state index contributed by atoms with van der Waals surface area (Å²) in [7, 11) is 0. The minimum atomic E-state index is -0.997. The van der Waals surface area contributed by atoms with Crippen LogP contribution in [0.5, 0.6) is 0 Å². The van der Waals surface area contributed by atoms with Gasteiger partial charge in [0, 0.05) is 10.0 Å². The van der Waals surface area contributed by atoms with E-state index in [-0.39, 0.29) is 18.7 Å². The zero-order chi connectivity index (χ0) is 18.7. The molecule has 1 aliphatic rings. The van der Waals surface area contributed by atoms with Crippen molar-refractivity contribution in [1.82, 2.24) is 5.32 Å². The summed E-state index contributed by atoms with van der Waals surface area (Å²) in [6, 6.07) is 12.5. The molecule has 6 nitrogen and oxygen atoms in total. The number of carbonyl (C=O) groups excluding carboxylic acids is 3. The number of benzene rings is 2. The molecule has 3 amide bonds. The van der Waals surface area contributed by atoms with Crippen LogP contribution in [0.4, 0.5) is 10.5 Å². The van der Waals surface area contributed by atoms with Crippen molar-refractivity contribution in [2.75, 3.05) is 4.90 Å². The third kappa shape index (κ3) is 4.15. The molecule has 0 saturated carbocycles. The maximum absolute atomic E-state index is 12.5. The highest BCUT2D eigenvalue weighted by Gasteiger charge is 2.40. The molecule has 0 aromatic heterocycles. The van der Waals surface area contributed by atoms with E-state index in [1.807, 2.05) is 30.3 Å². The molecule has 1 N–H and O–H groups in total. The number of alkyl carbamates (subject to hydrolysis) is 1. The number of hydrogen-bond acceptors (Lipinski definition) is 4. The number of halogens is 2. The summed E-state index contributed by atoms with van der Waals surface area (Å²) in [6.45, 7) is 0.0646. The Labute approximate surface area is 159 Å².